The summed E-state index contributed by atoms with van der Waals surface area (Å²) < 4.78 is 5.49. The van der Waals surface area contributed by atoms with Crippen LogP contribution < -0.4 is 5.73 Å². The molecular formula is C15H30N2O3. The third-order valence-corrected chi connectivity index (χ3v) is 3.55. The van der Waals surface area contributed by atoms with Crippen molar-refractivity contribution in [3.8, 4) is 0 Å². The first kappa shape index (κ1) is 17.4. The molecule has 1 unspecified atom stereocenters. The quantitative estimate of drug-likeness (QED) is 0.768. The maximum Gasteiger partial charge on any atom is 0.224 e. The summed E-state index contributed by atoms with van der Waals surface area (Å²) in [5.41, 5.74) is 6.22. The topological polar surface area (TPSA) is 75.8 Å². The molecule has 0 aromatic rings. The number of carbonyl (C=O) groups excluding carboxylic acids is 1. The van der Waals surface area contributed by atoms with E-state index in [9.17, 15) is 4.79 Å². The number of amides is 1. The molecule has 1 fully saturated rings. The molecule has 5 heteroatoms. The molecule has 1 amide bonds. The molecule has 1 heterocycles. The molecule has 118 valence electrons. The molecule has 0 bridgehead atoms. The lowest BCUT2D eigenvalue weighted by atomic mass is 9.87. The van der Waals surface area contributed by atoms with Gasteiger partial charge in [0.05, 0.1) is 19.3 Å². The molecule has 1 atom stereocenters. The van der Waals surface area contributed by atoms with Gasteiger partial charge in [-0.3, -0.25) is 4.79 Å². The van der Waals surface area contributed by atoms with E-state index in [1.165, 1.54) is 0 Å². The van der Waals surface area contributed by atoms with Crippen LogP contribution in [0.15, 0.2) is 0 Å². The summed E-state index contributed by atoms with van der Waals surface area (Å²) in [6, 6.07) is -0.0640. The Morgan fingerprint density at radius 1 is 1.40 bits per heavy atom. The molecule has 20 heavy (non-hydrogen) atoms. The lowest BCUT2D eigenvalue weighted by Crippen LogP contribution is -2.43. The summed E-state index contributed by atoms with van der Waals surface area (Å²) >= 11 is 0. The third kappa shape index (κ3) is 6.68. The molecule has 1 aliphatic rings. The summed E-state index contributed by atoms with van der Waals surface area (Å²) in [5, 5.41) is 8.73. The van der Waals surface area contributed by atoms with E-state index in [0.717, 1.165) is 32.4 Å². The second-order valence-corrected chi connectivity index (χ2v) is 6.90. The van der Waals surface area contributed by atoms with Gasteiger partial charge in [0, 0.05) is 25.6 Å². The average Bonchev–Trinajstić information content (AvgIpc) is 2.34. The Morgan fingerprint density at radius 2 is 2.00 bits per heavy atom. The summed E-state index contributed by atoms with van der Waals surface area (Å²) in [7, 11) is 0. The predicted octanol–water partition coefficient (Wildman–Crippen LogP) is 1.14. The zero-order valence-electron chi connectivity index (χ0n) is 13.1. The Hall–Kier alpha value is -0.650. The Balaban J connectivity index is 2.28. The number of nitrogens with zero attached hydrogens (tertiary/aromatic N) is 1. The average molecular weight is 286 g/mol. The van der Waals surface area contributed by atoms with Crippen molar-refractivity contribution in [2.24, 2.45) is 11.1 Å². The van der Waals surface area contributed by atoms with Crippen LogP contribution in [-0.4, -0.2) is 54.4 Å². The highest BCUT2D eigenvalue weighted by Gasteiger charge is 2.25. The number of hydrogen-bond acceptors (Lipinski definition) is 4. The number of piperidine rings is 1. The van der Waals surface area contributed by atoms with E-state index in [1.54, 1.807) is 0 Å². The SMILES string of the molecule is CC(C)(C)CC(N)CC(=O)N1CCC(OCCO)CC1. The zero-order chi connectivity index (χ0) is 15.2. The van der Waals surface area contributed by atoms with Crippen molar-refractivity contribution in [1.82, 2.24) is 4.90 Å². The summed E-state index contributed by atoms with van der Waals surface area (Å²) in [4.78, 5) is 14.1. The summed E-state index contributed by atoms with van der Waals surface area (Å²) in [5.74, 6) is 0.155. The number of hydrogen-bond donors (Lipinski definition) is 2. The van der Waals surface area contributed by atoms with Gasteiger partial charge in [-0.1, -0.05) is 20.8 Å². The Kier molecular flexibility index (Phi) is 6.92. The van der Waals surface area contributed by atoms with Gasteiger partial charge in [-0.25, -0.2) is 0 Å². The minimum atomic E-state index is -0.0640. The fourth-order valence-electron chi connectivity index (χ4n) is 2.70. The summed E-state index contributed by atoms with van der Waals surface area (Å²) in [6.45, 7) is 8.33. The maximum absolute atomic E-state index is 12.2. The Morgan fingerprint density at radius 3 is 2.50 bits per heavy atom. The number of aliphatic hydroxyl groups is 1. The normalized spacial score (nSPS) is 19.1. The maximum atomic E-state index is 12.2. The molecule has 3 N–H and O–H groups in total. The van der Waals surface area contributed by atoms with Gasteiger partial charge in [0.15, 0.2) is 0 Å². The molecule has 0 radical (unpaired) electrons. The first-order valence-corrected chi connectivity index (χ1v) is 7.57. The van der Waals surface area contributed by atoms with E-state index in [-0.39, 0.29) is 30.1 Å². The predicted molar refractivity (Wildman–Crippen MR) is 79.3 cm³/mol. The molecule has 5 nitrogen and oxygen atoms in total. The minimum Gasteiger partial charge on any atom is -0.394 e. The van der Waals surface area contributed by atoms with Crippen LogP contribution in [-0.2, 0) is 9.53 Å². The molecule has 1 rings (SSSR count). The van der Waals surface area contributed by atoms with E-state index < -0.39 is 0 Å². The van der Waals surface area contributed by atoms with Gasteiger partial charge < -0.3 is 20.5 Å². The van der Waals surface area contributed by atoms with Crippen LogP contribution in [0.1, 0.15) is 46.5 Å². The van der Waals surface area contributed by atoms with Crippen molar-refractivity contribution < 1.29 is 14.6 Å². The van der Waals surface area contributed by atoms with Crippen LogP contribution in [0.4, 0.5) is 0 Å². The van der Waals surface area contributed by atoms with Crippen molar-refractivity contribution in [2.45, 2.75) is 58.6 Å². The smallest absolute Gasteiger partial charge is 0.224 e. The number of nitrogens with two attached hydrogens (primary N) is 1. The number of likely N-dealkylation sites (tertiary alicyclic amines) is 1. The first-order valence-electron chi connectivity index (χ1n) is 7.57. The fourth-order valence-corrected chi connectivity index (χ4v) is 2.70. The van der Waals surface area contributed by atoms with Gasteiger partial charge in [0.1, 0.15) is 0 Å². The van der Waals surface area contributed by atoms with E-state index in [1.807, 2.05) is 4.90 Å². The van der Waals surface area contributed by atoms with Crippen molar-refractivity contribution in [2.75, 3.05) is 26.3 Å². The highest BCUT2D eigenvalue weighted by Crippen LogP contribution is 2.22. The van der Waals surface area contributed by atoms with Crippen molar-refractivity contribution >= 4 is 5.91 Å². The van der Waals surface area contributed by atoms with Gasteiger partial charge in [0.2, 0.25) is 5.91 Å². The molecule has 0 saturated carbocycles. The van der Waals surface area contributed by atoms with Crippen LogP contribution in [0.3, 0.4) is 0 Å². The molecule has 0 aromatic heterocycles. The van der Waals surface area contributed by atoms with Crippen LogP contribution in [0.2, 0.25) is 0 Å². The highest BCUT2D eigenvalue weighted by molar-refractivity contribution is 5.76. The van der Waals surface area contributed by atoms with Crippen molar-refractivity contribution in [3.63, 3.8) is 0 Å². The number of rotatable bonds is 6. The highest BCUT2D eigenvalue weighted by atomic mass is 16.5. The standard InChI is InChI=1S/C15H30N2O3/c1-15(2,3)11-12(16)10-14(19)17-6-4-13(5-7-17)20-9-8-18/h12-13,18H,4-11,16H2,1-3H3. The van der Waals surface area contributed by atoms with Crippen molar-refractivity contribution in [1.29, 1.82) is 0 Å². The van der Waals surface area contributed by atoms with Crippen LogP contribution in [0, 0.1) is 5.41 Å². The van der Waals surface area contributed by atoms with Gasteiger partial charge in [-0.2, -0.15) is 0 Å². The van der Waals surface area contributed by atoms with Crippen LogP contribution >= 0.6 is 0 Å². The van der Waals surface area contributed by atoms with Gasteiger partial charge in [0.25, 0.3) is 0 Å². The molecule has 1 aliphatic heterocycles. The largest absolute Gasteiger partial charge is 0.394 e. The van der Waals surface area contributed by atoms with Crippen LogP contribution in [0.25, 0.3) is 0 Å². The second-order valence-electron chi connectivity index (χ2n) is 6.90. The molecular weight excluding hydrogens is 256 g/mol. The van der Waals surface area contributed by atoms with Gasteiger partial charge >= 0.3 is 0 Å². The Bertz CT molecular complexity index is 294. The molecule has 0 spiro atoms. The lowest BCUT2D eigenvalue weighted by molar-refractivity contribution is -0.134. The molecule has 0 aliphatic carbocycles. The summed E-state index contributed by atoms with van der Waals surface area (Å²) in [6.07, 6.45) is 3.16. The third-order valence-electron chi connectivity index (χ3n) is 3.55. The van der Waals surface area contributed by atoms with Crippen LogP contribution in [0.5, 0.6) is 0 Å². The van der Waals surface area contributed by atoms with Gasteiger partial charge in [-0.05, 0) is 24.7 Å². The van der Waals surface area contributed by atoms with E-state index in [2.05, 4.69) is 20.8 Å². The van der Waals surface area contributed by atoms with E-state index >= 15 is 0 Å². The lowest BCUT2D eigenvalue weighted by Gasteiger charge is -2.33. The van der Waals surface area contributed by atoms with E-state index in [0.29, 0.717) is 13.0 Å². The number of aliphatic hydroxyl groups excluding tert-OH is 1. The monoisotopic (exact) mass is 286 g/mol. The van der Waals surface area contributed by atoms with Gasteiger partial charge in [-0.15, -0.1) is 0 Å². The number of carbonyl (C=O) groups is 1. The van der Waals surface area contributed by atoms with Crippen molar-refractivity contribution in [3.05, 3.63) is 0 Å². The molecule has 1 saturated heterocycles. The Labute approximate surface area is 122 Å². The number of ether oxygens (including phenoxy) is 1. The second kappa shape index (κ2) is 7.96. The minimum absolute atomic E-state index is 0.0564. The van der Waals surface area contributed by atoms with E-state index in [4.69, 9.17) is 15.6 Å². The molecule has 0 aromatic carbocycles. The zero-order valence-corrected chi connectivity index (χ0v) is 13.1. The fraction of sp³-hybridized carbons (Fsp3) is 0.933. The first-order chi connectivity index (χ1) is 9.31.